The van der Waals surface area contributed by atoms with Crippen molar-refractivity contribution < 1.29 is 0 Å². The van der Waals surface area contributed by atoms with Crippen molar-refractivity contribution in [2.75, 3.05) is 0 Å². The van der Waals surface area contributed by atoms with Crippen LogP contribution in [0.4, 0.5) is 0 Å². The summed E-state index contributed by atoms with van der Waals surface area (Å²) in [5.74, 6) is 0. The first-order valence-electron chi connectivity index (χ1n) is 5.82. The molecule has 0 aromatic carbocycles. The lowest BCUT2D eigenvalue weighted by molar-refractivity contribution is 1.28. The van der Waals surface area contributed by atoms with E-state index in [1.807, 2.05) is 26.0 Å². The lowest BCUT2D eigenvalue weighted by Gasteiger charge is -2.11. The Morgan fingerprint density at radius 3 is 1.88 bits per heavy atom. The molecule has 0 aromatic heterocycles. The molecule has 2 heteroatoms. The summed E-state index contributed by atoms with van der Waals surface area (Å²) in [6.45, 7) is 11.8. The molecule has 2 radical (unpaired) electrons. The van der Waals surface area contributed by atoms with E-state index in [0.717, 1.165) is 11.1 Å². The summed E-state index contributed by atoms with van der Waals surface area (Å²) in [7, 11) is 5.87. The molecule has 0 fully saturated rings. The molecule has 0 amide bonds. The van der Waals surface area contributed by atoms with Crippen LogP contribution in [0.1, 0.15) is 41.5 Å². The standard InChI is InChI=1S/C15H22BN/c1-7-8-14(9-11(4)10(2)3)15(12(5)16)13(6)17/h7-9,17H,1-6H3/b8-7-,14-9+,15-12+,17-13?. The van der Waals surface area contributed by atoms with Gasteiger partial charge in [-0.25, -0.2) is 0 Å². The summed E-state index contributed by atoms with van der Waals surface area (Å²) >= 11 is 0. The van der Waals surface area contributed by atoms with E-state index in [4.69, 9.17) is 13.3 Å². The highest BCUT2D eigenvalue weighted by atomic mass is 14.4. The fourth-order valence-corrected chi connectivity index (χ4v) is 1.50. The number of hydrogen-bond donors (Lipinski definition) is 1. The van der Waals surface area contributed by atoms with E-state index in [2.05, 4.69) is 26.8 Å². The van der Waals surface area contributed by atoms with Crippen LogP contribution in [0.15, 0.2) is 46.0 Å². The zero-order valence-electron chi connectivity index (χ0n) is 11.8. The summed E-state index contributed by atoms with van der Waals surface area (Å²) in [5.41, 5.74) is 5.48. The zero-order valence-corrected chi connectivity index (χ0v) is 11.8. The van der Waals surface area contributed by atoms with Gasteiger partial charge in [0, 0.05) is 5.71 Å². The Hall–Kier alpha value is -1.31. The fraction of sp³-hybridized carbons (Fsp3) is 0.400. The van der Waals surface area contributed by atoms with E-state index < -0.39 is 0 Å². The maximum Gasteiger partial charge on any atom is 0.108 e. The molecule has 90 valence electrons. The van der Waals surface area contributed by atoms with Gasteiger partial charge in [-0.05, 0) is 45.8 Å². The van der Waals surface area contributed by atoms with Gasteiger partial charge in [0.15, 0.2) is 0 Å². The van der Waals surface area contributed by atoms with Crippen LogP contribution in [0.3, 0.4) is 0 Å². The highest BCUT2D eigenvalue weighted by Crippen LogP contribution is 2.19. The lowest BCUT2D eigenvalue weighted by Crippen LogP contribution is -2.02. The molecule has 0 bridgehead atoms. The predicted molar refractivity (Wildman–Crippen MR) is 78.8 cm³/mol. The molecule has 0 heterocycles. The van der Waals surface area contributed by atoms with Crippen molar-refractivity contribution in [3.05, 3.63) is 46.0 Å². The first-order chi connectivity index (χ1) is 7.81. The highest BCUT2D eigenvalue weighted by Gasteiger charge is 2.06. The monoisotopic (exact) mass is 227 g/mol. The van der Waals surface area contributed by atoms with Gasteiger partial charge in [-0.1, -0.05) is 36.3 Å². The quantitative estimate of drug-likeness (QED) is 0.420. The zero-order chi connectivity index (χ0) is 13.6. The molecule has 0 aromatic rings. The van der Waals surface area contributed by atoms with Crippen molar-refractivity contribution in [3.8, 4) is 0 Å². The molecule has 1 N–H and O–H groups in total. The molecule has 0 aliphatic rings. The van der Waals surface area contributed by atoms with E-state index in [0.29, 0.717) is 11.2 Å². The molecule has 0 saturated heterocycles. The van der Waals surface area contributed by atoms with Crippen molar-refractivity contribution in [2.45, 2.75) is 41.5 Å². The van der Waals surface area contributed by atoms with E-state index in [1.165, 1.54) is 11.1 Å². The minimum absolute atomic E-state index is 0.496. The van der Waals surface area contributed by atoms with E-state index in [1.54, 1.807) is 6.92 Å². The number of allylic oxidation sites excluding steroid dienone is 8. The molecule has 0 spiro atoms. The second-order valence-corrected chi connectivity index (χ2v) is 4.47. The van der Waals surface area contributed by atoms with Gasteiger partial charge in [0.05, 0.1) is 0 Å². The van der Waals surface area contributed by atoms with Crippen LogP contribution in [0.2, 0.25) is 0 Å². The second kappa shape index (κ2) is 7.11. The minimum Gasteiger partial charge on any atom is -0.305 e. The average Bonchev–Trinajstić information content (AvgIpc) is 2.16. The molecule has 17 heavy (non-hydrogen) atoms. The molecule has 0 unspecified atom stereocenters. The van der Waals surface area contributed by atoms with Crippen LogP contribution >= 0.6 is 0 Å². The van der Waals surface area contributed by atoms with Crippen LogP contribution in [-0.2, 0) is 0 Å². The van der Waals surface area contributed by atoms with Gasteiger partial charge >= 0.3 is 0 Å². The van der Waals surface area contributed by atoms with Gasteiger partial charge < -0.3 is 5.41 Å². The summed E-state index contributed by atoms with van der Waals surface area (Å²) in [6, 6.07) is 0. The Balaban J connectivity index is 5.78. The molecule has 0 rings (SSSR count). The van der Waals surface area contributed by atoms with Gasteiger partial charge in [0.25, 0.3) is 0 Å². The number of rotatable bonds is 4. The van der Waals surface area contributed by atoms with Crippen molar-refractivity contribution in [3.63, 3.8) is 0 Å². The predicted octanol–water partition coefficient (Wildman–Crippen LogP) is 4.33. The average molecular weight is 227 g/mol. The molecule has 0 aliphatic heterocycles. The van der Waals surface area contributed by atoms with Crippen molar-refractivity contribution in [1.29, 1.82) is 5.41 Å². The summed E-state index contributed by atoms with van der Waals surface area (Å²) in [5, 5.41) is 7.81. The molecular formula is C15H22BN. The summed E-state index contributed by atoms with van der Waals surface area (Å²) < 4.78 is 0. The van der Waals surface area contributed by atoms with E-state index in [-0.39, 0.29) is 0 Å². The van der Waals surface area contributed by atoms with Crippen LogP contribution < -0.4 is 0 Å². The third-order valence-corrected chi connectivity index (χ3v) is 2.56. The summed E-state index contributed by atoms with van der Waals surface area (Å²) in [6.07, 6.45) is 6.05. The third-order valence-electron chi connectivity index (χ3n) is 2.56. The SMILES string of the molecule is [B]/C(C)=C(C(C)=N)/C(/C=C\C)=C/C(C)=C(C)C. The van der Waals surface area contributed by atoms with E-state index in [9.17, 15) is 0 Å². The summed E-state index contributed by atoms with van der Waals surface area (Å²) in [4.78, 5) is 0. The first-order valence-corrected chi connectivity index (χ1v) is 5.82. The van der Waals surface area contributed by atoms with Gasteiger partial charge in [-0.3, -0.25) is 0 Å². The minimum atomic E-state index is 0.496. The normalized spacial score (nSPS) is 13.6. The lowest BCUT2D eigenvalue weighted by atomic mass is 9.85. The Labute approximate surface area is 107 Å². The van der Waals surface area contributed by atoms with Crippen LogP contribution in [0.25, 0.3) is 0 Å². The second-order valence-electron chi connectivity index (χ2n) is 4.47. The smallest absolute Gasteiger partial charge is 0.108 e. The number of nitrogens with one attached hydrogen (secondary N) is 1. The van der Waals surface area contributed by atoms with Gasteiger partial charge in [-0.2, -0.15) is 0 Å². The maximum atomic E-state index is 7.81. The Morgan fingerprint density at radius 2 is 1.59 bits per heavy atom. The number of hydrogen-bond acceptors (Lipinski definition) is 1. The Morgan fingerprint density at radius 1 is 1.06 bits per heavy atom. The highest BCUT2D eigenvalue weighted by molar-refractivity contribution is 6.25. The molecular weight excluding hydrogens is 205 g/mol. The third kappa shape index (κ3) is 5.03. The molecule has 0 saturated carbocycles. The molecule has 0 atom stereocenters. The van der Waals surface area contributed by atoms with Crippen molar-refractivity contribution >= 4 is 13.6 Å². The first kappa shape index (κ1) is 15.7. The topological polar surface area (TPSA) is 23.9 Å². The van der Waals surface area contributed by atoms with Crippen LogP contribution in [-0.4, -0.2) is 13.6 Å². The fourth-order valence-electron chi connectivity index (χ4n) is 1.50. The molecule has 0 aliphatic carbocycles. The van der Waals surface area contributed by atoms with Gasteiger partial charge in [0.2, 0.25) is 0 Å². The van der Waals surface area contributed by atoms with Crippen molar-refractivity contribution in [1.82, 2.24) is 0 Å². The largest absolute Gasteiger partial charge is 0.305 e. The maximum absolute atomic E-state index is 7.81. The van der Waals surface area contributed by atoms with E-state index >= 15 is 0 Å². The van der Waals surface area contributed by atoms with Gasteiger partial charge in [-0.15, -0.1) is 5.47 Å². The Bertz CT molecular complexity index is 412. The van der Waals surface area contributed by atoms with Crippen LogP contribution in [0, 0.1) is 5.41 Å². The van der Waals surface area contributed by atoms with Crippen molar-refractivity contribution in [2.24, 2.45) is 0 Å². The van der Waals surface area contributed by atoms with Gasteiger partial charge in [0.1, 0.15) is 7.85 Å². The Kier molecular flexibility index (Phi) is 6.56. The molecule has 1 nitrogen and oxygen atoms in total. The van der Waals surface area contributed by atoms with Crippen LogP contribution in [0.5, 0.6) is 0 Å².